The van der Waals surface area contributed by atoms with Gasteiger partial charge < -0.3 is 19.5 Å². The lowest BCUT2D eigenvalue weighted by atomic mass is 10.0. The molecule has 0 aliphatic carbocycles. The van der Waals surface area contributed by atoms with Crippen LogP contribution >= 0.6 is 12.2 Å². The van der Waals surface area contributed by atoms with Crippen LogP contribution in [0.1, 0.15) is 29.0 Å². The average molecular weight is 441 g/mol. The standard InChI is InChI=1S/C26H24N4OS/c1-18-12-14-19(15-13-18)30-25(24(28-26(30)32)20-8-5-6-16-27-20)22-10-7-17-29(22)21-9-3-4-11-23(21)31-2/h3-17,24-25H,1-2H3,(H,28,32). The molecule has 5 nitrogen and oxygen atoms in total. The van der Waals surface area contributed by atoms with Gasteiger partial charge in [-0.1, -0.05) is 35.9 Å². The first-order valence-corrected chi connectivity index (χ1v) is 11.0. The van der Waals surface area contributed by atoms with Crippen LogP contribution in [0.5, 0.6) is 5.75 Å². The molecule has 1 aliphatic heterocycles. The van der Waals surface area contributed by atoms with Crippen molar-refractivity contribution in [2.45, 2.75) is 19.0 Å². The Labute approximate surface area is 193 Å². The number of ether oxygens (including phenoxy) is 1. The van der Waals surface area contributed by atoms with Gasteiger partial charge in [0.2, 0.25) is 0 Å². The lowest BCUT2D eigenvalue weighted by Gasteiger charge is -2.29. The molecular formula is C26H24N4OS. The quantitative estimate of drug-likeness (QED) is 0.423. The Hall–Kier alpha value is -3.64. The number of nitrogens with one attached hydrogen (secondary N) is 1. The SMILES string of the molecule is COc1ccccc1-n1cccc1C1C(c2ccccn2)NC(=S)N1c1ccc(C)cc1. The maximum atomic E-state index is 5.85. The van der Waals surface area contributed by atoms with Crippen molar-refractivity contribution in [2.24, 2.45) is 0 Å². The fraction of sp³-hybridized carbons (Fsp3) is 0.154. The summed E-state index contributed by atoms with van der Waals surface area (Å²) in [7, 11) is 1.70. The molecule has 0 radical (unpaired) electrons. The minimum atomic E-state index is -0.103. The molecule has 2 unspecified atom stereocenters. The van der Waals surface area contributed by atoms with E-state index in [1.165, 1.54) is 5.56 Å². The van der Waals surface area contributed by atoms with E-state index in [9.17, 15) is 0 Å². The van der Waals surface area contributed by atoms with Gasteiger partial charge in [-0.3, -0.25) is 4.98 Å². The molecule has 4 aromatic rings. The van der Waals surface area contributed by atoms with Gasteiger partial charge in [0, 0.05) is 23.8 Å². The summed E-state index contributed by atoms with van der Waals surface area (Å²) in [5.74, 6) is 0.815. The zero-order valence-electron chi connectivity index (χ0n) is 18.0. The predicted molar refractivity (Wildman–Crippen MR) is 131 cm³/mol. The number of benzene rings is 2. The number of para-hydroxylation sites is 2. The molecular weight excluding hydrogens is 416 g/mol. The van der Waals surface area contributed by atoms with E-state index in [1.54, 1.807) is 7.11 Å². The zero-order chi connectivity index (χ0) is 22.1. The number of methoxy groups -OCH3 is 1. The smallest absolute Gasteiger partial charge is 0.174 e. The van der Waals surface area contributed by atoms with E-state index in [-0.39, 0.29) is 12.1 Å². The highest BCUT2D eigenvalue weighted by atomic mass is 32.1. The van der Waals surface area contributed by atoms with Crippen molar-refractivity contribution in [3.8, 4) is 11.4 Å². The van der Waals surface area contributed by atoms with Gasteiger partial charge >= 0.3 is 0 Å². The van der Waals surface area contributed by atoms with Gasteiger partial charge in [-0.05, 0) is 67.7 Å². The molecule has 0 saturated carbocycles. The Bertz CT molecular complexity index is 1240. The molecule has 1 aliphatic rings. The molecule has 0 amide bonds. The van der Waals surface area contributed by atoms with E-state index < -0.39 is 0 Å². The molecule has 32 heavy (non-hydrogen) atoms. The number of pyridine rings is 1. The largest absolute Gasteiger partial charge is 0.495 e. The molecule has 2 atom stereocenters. The molecule has 1 saturated heterocycles. The first-order chi connectivity index (χ1) is 15.7. The van der Waals surface area contributed by atoms with E-state index in [0.717, 1.165) is 28.5 Å². The van der Waals surface area contributed by atoms with Crippen LogP contribution in [0.15, 0.2) is 91.3 Å². The summed E-state index contributed by atoms with van der Waals surface area (Å²) >= 11 is 5.85. The third-order valence-corrected chi connectivity index (χ3v) is 6.15. The van der Waals surface area contributed by atoms with E-state index >= 15 is 0 Å². The van der Waals surface area contributed by atoms with E-state index in [0.29, 0.717) is 5.11 Å². The molecule has 0 spiro atoms. The van der Waals surface area contributed by atoms with Gasteiger partial charge in [-0.2, -0.15) is 0 Å². The molecule has 1 N–H and O–H groups in total. The Kier molecular flexibility index (Phi) is 5.37. The maximum absolute atomic E-state index is 5.85. The van der Waals surface area contributed by atoms with E-state index in [2.05, 4.69) is 75.4 Å². The Morgan fingerprint density at radius 1 is 0.938 bits per heavy atom. The van der Waals surface area contributed by atoms with Crippen LogP contribution in [-0.2, 0) is 0 Å². The number of anilines is 1. The Balaban J connectivity index is 1.68. The summed E-state index contributed by atoms with van der Waals surface area (Å²) in [4.78, 5) is 6.84. The first kappa shape index (κ1) is 20.3. The topological polar surface area (TPSA) is 42.3 Å². The Morgan fingerprint density at radius 3 is 2.47 bits per heavy atom. The summed E-state index contributed by atoms with van der Waals surface area (Å²) in [5, 5.41) is 4.21. The molecule has 5 rings (SSSR count). The summed E-state index contributed by atoms with van der Waals surface area (Å²) in [6.07, 6.45) is 3.89. The van der Waals surface area contributed by atoms with E-state index in [1.807, 2.05) is 42.6 Å². The molecule has 6 heteroatoms. The monoisotopic (exact) mass is 440 g/mol. The van der Waals surface area contributed by atoms with Gasteiger partial charge in [0.15, 0.2) is 5.11 Å². The van der Waals surface area contributed by atoms with Crippen molar-refractivity contribution in [1.29, 1.82) is 0 Å². The highest BCUT2D eigenvalue weighted by molar-refractivity contribution is 7.80. The van der Waals surface area contributed by atoms with Crippen LogP contribution in [0.4, 0.5) is 5.69 Å². The molecule has 2 aromatic carbocycles. The number of hydrogen-bond donors (Lipinski definition) is 1. The third-order valence-electron chi connectivity index (χ3n) is 5.84. The molecule has 2 aromatic heterocycles. The minimum Gasteiger partial charge on any atom is -0.495 e. The number of thiocarbonyl (C=S) groups is 1. The second-order valence-corrected chi connectivity index (χ2v) is 8.19. The highest BCUT2D eigenvalue weighted by Gasteiger charge is 2.42. The Morgan fingerprint density at radius 2 is 1.72 bits per heavy atom. The third kappa shape index (κ3) is 3.52. The lowest BCUT2D eigenvalue weighted by molar-refractivity contribution is 0.412. The minimum absolute atomic E-state index is 0.0972. The maximum Gasteiger partial charge on any atom is 0.174 e. The second kappa shape index (κ2) is 8.48. The van der Waals surface area contributed by atoms with Crippen molar-refractivity contribution in [3.05, 3.63) is 108 Å². The summed E-state index contributed by atoms with van der Waals surface area (Å²) in [6, 6.07) is 26.5. The fourth-order valence-electron chi connectivity index (χ4n) is 4.32. The van der Waals surface area contributed by atoms with Gasteiger partial charge in [0.05, 0.1) is 24.5 Å². The number of aromatic nitrogens is 2. The van der Waals surface area contributed by atoms with Crippen LogP contribution < -0.4 is 15.0 Å². The van der Waals surface area contributed by atoms with Crippen molar-refractivity contribution < 1.29 is 4.74 Å². The summed E-state index contributed by atoms with van der Waals surface area (Å²) in [6.45, 7) is 2.09. The van der Waals surface area contributed by atoms with Gasteiger partial charge in [-0.15, -0.1) is 0 Å². The molecule has 160 valence electrons. The molecule has 3 heterocycles. The van der Waals surface area contributed by atoms with Gasteiger partial charge in [-0.25, -0.2) is 0 Å². The normalized spacial score (nSPS) is 17.9. The number of rotatable bonds is 5. The predicted octanol–water partition coefficient (Wildman–Crippen LogP) is 5.37. The van der Waals surface area contributed by atoms with Crippen LogP contribution in [-0.4, -0.2) is 21.8 Å². The summed E-state index contributed by atoms with van der Waals surface area (Å²) < 4.78 is 7.83. The van der Waals surface area contributed by atoms with E-state index in [4.69, 9.17) is 17.0 Å². The molecule has 0 bridgehead atoms. The zero-order valence-corrected chi connectivity index (χ0v) is 18.8. The van der Waals surface area contributed by atoms with Crippen LogP contribution in [0.3, 0.4) is 0 Å². The van der Waals surface area contributed by atoms with Crippen LogP contribution in [0.25, 0.3) is 5.69 Å². The number of aryl methyl sites for hydroxylation is 1. The second-order valence-electron chi connectivity index (χ2n) is 7.81. The molecule has 1 fully saturated rings. The van der Waals surface area contributed by atoms with Crippen LogP contribution in [0, 0.1) is 6.92 Å². The average Bonchev–Trinajstić information content (AvgIpc) is 3.44. The lowest BCUT2D eigenvalue weighted by Crippen LogP contribution is -2.30. The van der Waals surface area contributed by atoms with Gasteiger partial charge in [0.25, 0.3) is 0 Å². The number of nitrogens with zero attached hydrogens (tertiary/aromatic N) is 3. The van der Waals surface area contributed by atoms with Crippen molar-refractivity contribution in [3.63, 3.8) is 0 Å². The highest BCUT2D eigenvalue weighted by Crippen LogP contribution is 2.42. The van der Waals surface area contributed by atoms with Crippen molar-refractivity contribution in [2.75, 3.05) is 12.0 Å². The van der Waals surface area contributed by atoms with Crippen LogP contribution in [0.2, 0.25) is 0 Å². The van der Waals surface area contributed by atoms with Gasteiger partial charge in [0.1, 0.15) is 11.8 Å². The summed E-state index contributed by atoms with van der Waals surface area (Å²) in [5.41, 5.74) is 5.28. The fourth-order valence-corrected chi connectivity index (χ4v) is 4.67. The first-order valence-electron chi connectivity index (χ1n) is 10.6. The van der Waals surface area contributed by atoms with Crippen molar-refractivity contribution in [1.82, 2.24) is 14.9 Å². The number of hydrogen-bond acceptors (Lipinski definition) is 3. The van der Waals surface area contributed by atoms with Crippen molar-refractivity contribution >= 4 is 23.0 Å².